The Morgan fingerprint density at radius 3 is 2.87 bits per heavy atom. The number of nitrogens with zero attached hydrogens (tertiary/aromatic N) is 3. The Hall–Kier alpha value is -1.40. The van der Waals surface area contributed by atoms with Crippen LogP contribution in [0.2, 0.25) is 0 Å². The monoisotopic (exact) mass is 333 g/mol. The van der Waals surface area contributed by atoms with Crippen molar-refractivity contribution in [2.24, 2.45) is 5.92 Å². The number of carbonyl (C=O) groups is 1. The van der Waals surface area contributed by atoms with Gasteiger partial charge in [0, 0.05) is 36.1 Å². The largest absolute Gasteiger partial charge is 0.481 e. The van der Waals surface area contributed by atoms with Crippen LogP contribution in [0.25, 0.3) is 4.96 Å². The van der Waals surface area contributed by atoms with E-state index in [9.17, 15) is 9.90 Å². The van der Waals surface area contributed by atoms with E-state index in [-0.39, 0.29) is 5.92 Å². The average Bonchev–Trinajstić information content (AvgIpc) is 3.20. The van der Waals surface area contributed by atoms with Crippen LogP contribution in [0.15, 0.2) is 5.38 Å². The van der Waals surface area contributed by atoms with Crippen LogP contribution >= 0.6 is 11.3 Å². The topological polar surface area (TPSA) is 57.8 Å². The lowest BCUT2D eigenvalue weighted by molar-refractivity contribution is -0.144. The van der Waals surface area contributed by atoms with E-state index in [0.717, 1.165) is 30.0 Å². The number of aliphatic carboxylic acids is 1. The first-order valence-electron chi connectivity index (χ1n) is 8.46. The van der Waals surface area contributed by atoms with Gasteiger partial charge in [-0.3, -0.25) is 14.1 Å². The molecule has 2 atom stereocenters. The van der Waals surface area contributed by atoms with Gasteiger partial charge >= 0.3 is 5.97 Å². The van der Waals surface area contributed by atoms with Crippen LogP contribution in [0.4, 0.5) is 0 Å². The van der Waals surface area contributed by atoms with Gasteiger partial charge in [0.2, 0.25) is 0 Å². The zero-order chi connectivity index (χ0) is 16.1. The number of hydrogen-bond acceptors (Lipinski definition) is 4. The van der Waals surface area contributed by atoms with E-state index in [2.05, 4.69) is 28.5 Å². The van der Waals surface area contributed by atoms with E-state index in [1.807, 2.05) is 0 Å². The van der Waals surface area contributed by atoms with Gasteiger partial charge in [-0.2, -0.15) is 0 Å². The van der Waals surface area contributed by atoms with Crippen molar-refractivity contribution in [1.82, 2.24) is 14.3 Å². The number of hydrogen-bond donors (Lipinski definition) is 1. The summed E-state index contributed by atoms with van der Waals surface area (Å²) < 4.78 is 2.34. The lowest BCUT2D eigenvalue weighted by Crippen LogP contribution is -2.43. The van der Waals surface area contributed by atoms with Crippen LogP contribution in [0.5, 0.6) is 0 Å². The Bertz CT molecular complexity index is 746. The maximum atomic E-state index is 11.4. The molecule has 5 nitrogen and oxygen atoms in total. The molecular weight excluding hydrogens is 310 g/mol. The minimum Gasteiger partial charge on any atom is -0.481 e. The van der Waals surface area contributed by atoms with Gasteiger partial charge in [-0.15, -0.1) is 11.3 Å². The molecule has 0 aromatic carbocycles. The van der Waals surface area contributed by atoms with Crippen LogP contribution in [0.1, 0.15) is 55.6 Å². The molecule has 23 heavy (non-hydrogen) atoms. The summed E-state index contributed by atoms with van der Waals surface area (Å²) >= 11 is 1.72. The second kappa shape index (κ2) is 5.60. The van der Waals surface area contributed by atoms with Gasteiger partial charge in [-0.1, -0.05) is 0 Å². The number of piperidine rings is 1. The van der Waals surface area contributed by atoms with E-state index < -0.39 is 5.97 Å². The van der Waals surface area contributed by atoms with Crippen molar-refractivity contribution in [3.8, 4) is 0 Å². The normalized spacial score (nSPS) is 26.0. The molecule has 2 unspecified atom stereocenters. The number of thiazole rings is 1. The van der Waals surface area contributed by atoms with Gasteiger partial charge in [-0.05, 0) is 39.5 Å². The van der Waals surface area contributed by atoms with Gasteiger partial charge in [0.25, 0.3) is 0 Å². The maximum absolute atomic E-state index is 11.4. The average molecular weight is 333 g/mol. The number of aromatic nitrogens is 2. The smallest absolute Gasteiger partial charge is 0.307 e. The molecule has 0 spiro atoms. The second-order valence-corrected chi connectivity index (χ2v) is 7.92. The van der Waals surface area contributed by atoms with Crippen molar-refractivity contribution < 1.29 is 9.90 Å². The molecular formula is C17H23N3O2S. The summed E-state index contributed by atoms with van der Waals surface area (Å²) in [6.45, 7) is 5.73. The number of fused-ring (bicyclic) bond motifs is 1. The van der Waals surface area contributed by atoms with Crippen LogP contribution in [-0.2, 0) is 11.3 Å². The molecule has 6 heteroatoms. The number of aryl methyl sites for hydroxylation is 1. The Morgan fingerprint density at radius 2 is 2.17 bits per heavy atom. The molecule has 124 valence electrons. The quantitative estimate of drug-likeness (QED) is 0.933. The molecule has 1 aliphatic heterocycles. The fraction of sp³-hybridized carbons (Fsp3) is 0.647. The predicted molar refractivity (Wildman–Crippen MR) is 90.0 cm³/mol. The summed E-state index contributed by atoms with van der Waals surface area (Å²) in [6.07, 6.45) is 4.31. The summed E-state index contributed by atoms with van der Waals surface area (Å²) in [5.74, 6) is -0.201. The molecule has 1 saturated carbocycles. The maximum Gasteiger partial charge on any atom is 0.307 e. The number of likely N-dealkylation sites (tertiary alicyclic amines) is 1. The van der Waals surface area contributed by atoms with Crippen molar-refractivity contribution in [1.29, 1.82) is 0 Å². The molecule has 0 amide bonds. The Labute approximate surface area is 139 Å². The van der Waals surface area contributed by atoms with Crippen LogP contribution < -0.4 is 0 Å². The first-order valence-corrected chi connectivity index (χ1v) is 9.34. The fourth-order valence-electron chi connectivity index (χ4n) is 3.68. The lowest BCUT2D eigenvalue weighted by Gasteiger charge is -2.36. The summed E-state index contributed by atoms with van der Waals surface area (Å²) in [4.78, 5) is 19.5. The van der Waals surface area contributed by atoms with Crippen LogP contribution in [0.3, 0.4) is 0 Å². The summed E-state index contributed by atoms with van der Waals surface area (Å²) in [6, 6.07) is 0.429. The highest BCUT2D eigenvalue weighted by Crippen LogP contribution is 2.42. The minimum atomic E-state index is -0.661. The Morgan fingerprint density at radius 1 is 1.39 bits per heavy atom. The molecule has 2 aromatic rings. The van der Waals surface area contributed by atoms with E-state index >= 15 is 0 Å². The third-order valence-electron chi connectivity index (χ3n) is 5.39. The molecule has 0 radical (unpaired) electrons. The standard InChI is InChI=1S/C17H23N3O2S/c1-10-3-4-13(16(21)22)7-19(10)8-14-11(2)18-17-20(14)15(9-23-17)12-5-6-12/h9-10,12-13H,3-8H2,1-2H3,(H,21,22). The zero-order valence-electron chi connectivity index (χ0n) is 13.7. The van der Waals surface area contributed by atoms with Crippen molar-refractivity contribution in [2.45, 2.75) is 58.0 Å². The highest BCUT2D eigenvalue weighted by molar-refractivity contribution is 7.15. The SMILES string of the molecule is Cc1nc2scc(C3CC3)n2c1CN1CC(C(=O)O)CCC1C. The number of rotatable bonds is 4. The molecule has 2 aliphatic rings. The highest BCUT2D eigenvalue weighted by Gasteiger charge is 2.32. The van der Waals surface area contributed by atoms with Gasteiger partial charge in [0.1, 0.15) is 0 Å². The number of imidazole rings is 1. The van der Waals surface area contributed by atoms with Crippen LogP contribution in [0, 0.1) is 12.8 Å². The summed E-state index contributed by atoms with van der Waals surface area (Å²) in [5.41, 5.74) is 3.74. The summed E-state index contributed by atoms with van der Waals surface area (Å²) in [5, 5.41) is 11.6. The molecule has 0 bridgehead atoms. The first kappa shape index (κ1) is 15.1. The second-order valence-electron chi connectivity index (χ2n) is 7.09. The van der Waals surface area contributed by atoms with Crippen molar-refractivity contribution >= 4 is 22.3 Å². The molecule has 1 N–H and O–H groups in total. The minimum absolute atomic E-state index is 0.236. The molecule has 3 heterocycles. The van der Waals surface area contributed by atoms with E-state index in [4.69, 9.17) is 4.98 Å². The predicted octanol–water partition coefficient (Wildman–Crippen LogP) is 3.27. The van der Waals surface area contributed by atoms with Crippen molar-refractivity contribution in [2.75, 3.05) is 6.54 Å². The lowest BCUT2D eigenvalue weighted by atomic mass is 9.93. The molecule has 2 fully saturated rings. The molecule has 1 aliphatic carbocycles. The molecule has 1 saturated heterocycles. The Kier molecular flexibility index (Phi) is 3.69. The summed E-state index contributed by atoms with van der Waals surface area (Å²) in [7, 11) is 0. The zero-order valence-corrected chi connectivity index (χ0v) is 14.5. The Balaban J connectivity index is 1.65. The van der Waals surface area contributed by atoms with E-state index in [0.29, 0.717) is 18.5 Å². The molecule has 2 aromatic heterocycles. The van der Waals surface area contributed by atoms with Crippen LogP contribution in [-0.4, -0.2) is 37.9 Å². The van der Waals surface area contributed by atoms with Gasteiger partial charge in [-0.25, -0.2) is 4.98 Å². The number of carboxylic acid groups (broad SMARTS) is 1. The number of carboxylic acids is 1. The van der Waals surface area contributed by atoms with Gasteiger partial charge < -0.3 is 5.11 Å². The van der Waals surface area contributed by atoms with Crippen molar-refractivity contribution in [3.05, 3.63) is 22.5 Å². The van der Waals surface area contributed by atoms with Gasteiger partial charge in [0.15, 0.2) is 4.96 Å². The van der Waals surface area contributed by atoms with Crippen molar-refractivity contribution in [3.63, 3.8) is 0 Å². The molecule has 4 rings (SSSR count). The van der Waals surface area contributed by atoms with E-state index in [1.165, 1.54) is 24.2 Å². The van der Waals surface area contributed by atoms with Gasteiger partial charge in [0.05, 0.1) is 17.3 Å². The highest BCUT2D eigenvalue weighted by atomic mass is 32.1. The first-order chi connectivity index (χ1) is 11.0. The third-order valence-corrected chi connectivity index (χ3v) is 6.24. The van der Waals surface area contributed by atoms with E-state index in [1.54, 1.807) is 11.3 Å². The fourth-order valence-corrected chi connectivity index (χ4v) is 4.72. The third kappa shape index (κ3) is 2.68.